The van der Waals surface area contributed by atoms with Gasteiger partial charge in [-0.15, -0.1) is 5.10 Å². The number of hydrogen-bond donors (Lipinski definition) is 0. The van der Waals surface area contributed by atoms with E-state index in [1.807, 2.05) is 53.2 Å². The lowest BCUT2D eigenvalue weighted by atomic mass is 10.0. The molecule has 1 saturated heterocycles. The second-order valence-corrected chi connectivity index (χ2v) is 7.52. The lowest BCUT2D eigenvalue weighted by Gasteiger charge is -2.29. The Labute approximate surface area is 180 Å². The van der Waals surface area contributed by atoms with Crippen molar-refractivity contribution in [2.75, 3.05) is 13.2 Å². The van der Waals surface area contributed by atoms with Crippen LogP contribution in [0.2, 0.25) is 0 Å². The van der Waals surface area contributed by atoms with E-state index in [4.69, 9.17) is 14.2 Å². The molecule has 1 aliphatic rings. The summed E-state index contributed by atoms with van der Waals surface area (Å²) in [5.74, 6) is -0.904. The zero-order valence-electron chi connectivity index (χ0n) is 17.2. The van der Waals surface area contributed by atoms with E-state index in [-0.39, 0.29) is 12.7 Å². The van der Waals surface area contributed by atoms with Crippen molar-refractivity contribution in [1.29, 1.82) is 0 Å². The summed E-state index contributed by atoms with van der Waals surface area (Å²) in [6.45, 7) is 3.24. The molecule has 0 amide bonds. The molecule has 5 rings (SSSR count). The van der Waals surface area contributed by atoms with Crippen molar-refractivity contribution in [3.8, 4) is 11.7 Å². The van der Waals surface area contributed by atoms with Crippen molar-refractivity contribution in [2.24, 2.45) is 0 Å². The molecule has 0 N–H and O–H groups in total. The molecule has 2 atom stereocenters. The topological polar surface area (TPSA) is 76.2 Å². The van der Waals surface area contributed by atoms with Gasteiger partial charge < -0.3 is 18.8 Å². The van der Waals surface area contributed by atoms with E-state index in [0.717, 1.165) is 11.3 Å². The molecule has 0 saturated carbocycles. The van der Waals surface area contributed by atoms with Crippen LogP contribution in [-0.4, -0.2) is 43.6 Å². The first-order valence-electron chi connectivity index (χ1n) is 10.1. The Balaban J connectivity index is 1.28. The van der Waals surface area contributed by atoms with E-state index < -0.39 is 5.79 Å². The minimum Gasteiger partial charge on any atom is -0.460 e. The summed E-state index contributed by atoms with van der Waals surface area (Å²) in [5, 5.41) is 4.38. The largest absolute Gasteiger partial charge is 0.460 e. The van der Waals surface area contributed by atoms with Crippen molar-refractivity contribution in [3.63, 3.8) is 0 Å². The maximum Gasteiger partial charge on any atom is 0.335 e. The normalized spacial score (nSPS) is 20.7. The molecule has 1 fully saturated rings. The van der Waals surface area contributed by atoms with Gasteiger partial charge in [-0.2, -0.15) is 4.98 Å². The van der Waals surface area contributed by atoms with Gasteiger partial charge in [0.2, 0.25) is 5.79 Å². The zero-order chi connectivity index (χ0) is 21.1. The fourth-order valence-corrected chi connectivity index (χ4v) is 3.59. The maximum atomic E-state index is 6.40. The summed E-state index contributed by atoms with van der Waals surface area (Å²) < 4.78 is 22.1. The van der Waals surface area contributed by atoms with E-state index in [0.29, 0.717) is 19.2 Å². The van der Waals surface area contributed by atoms with Crippen LogP contribution < -0.4 is 4.74 Å². The van der Waals surface area contributed by atoms with Gasteiger partial charge in [0, 0.05) is 18.0 Å². The Hall–Kier alpha value is -3.49. The molecule has 2 aromatic carbocycles. The van der Waals surface area contributed by atoms with Gasteiger partial charge in [0.15, 0.2) is 0 Å². The first-order chi connectivity index (χ1) is 15.2. The smallest absolute Gasteiger partial charge is 0.335 e. The predicted octanol–water partition coefficient (Wildman–Crippen LogP) is 3.12. The third kappa shape index (κ3) is 4.21. The van der Waals surface area contributed by atoms with E-state index in [2.05, 4.69) is 34.1 Å². The quantitative estimate of drug-likeness (QED) is 0.460. The van der Waals surface area contributed by atoms with Gasteiger partial charge in [0.1, 0.15) is 19.0 Å². The van der Waals surface area contributed by atoms with E-state index in [9.17, 15) is 0 Å². The average molecular weight is 417 g/mol. The molecule has 8 nitrogen and oxygen atoms in total. The molecule has 1 aliphatic heterocycles. The molecule has 31 heavy (non-hydrogen) atoms. The van der Waals surface area contributed by atoms with E-state index in [1.54, 1.807) is 23.5 Å². The maximum absolute atomic E-state index is 6.40. The van der Waals surface area contributed by atoms with Crippen molar-refractivity contribution in [2.45, 2.75) is 25.4 Å². The fourth-order valence-electron chi connectivity index (χ4n) is 3.59. The monoisotopic (exact) mass is 417 g/mol. The second-order valence-electron chi connectivity index (χ2n) is 7.52. The number of imidazole rings is 1. The molecular weight excluding hydrogens is 394 g/mol. The van der Waals surface area contributed by atoms with Crippen LogP contribution in [0.25, 0.3) is 5.69 Å². The first kappa shape index (κ1) is 19.5. The number of rotatable bonds is 7. The highest BCUT2D eigenvalue weighted by molar-refractivity contribution is 5.29. The van der Waals surface area contributed by atoms with Crippen LogP contribution in [0, 0.1) is 6.92 Å². The molecule has 3 heterocycles. The second kappa shape index (κ2) is 8.33. The molecule has 158 valence electrons. The van der Waals surface area contributed by atoms with Crippen LogP contribution in [0.3, 0.4) is 0 Å². The van der Waals surface area contributed by atoms with Crippen LogP contribution in [0.1, 0.15) is 11.1 Å². The molecule has 8 heteroatoms. The van der Waals surface area contributed by atoms with Crippen LogP contribution in [0.15, 0.2) is 79.6 Å². The van der Waals surface area contributed by atoms with Gasteiger partial charge >= 0.3 is 6.01 Å². The highest BCUT2D eigenvalue weighted by atomic mass is 16.8. The van der Waals surface area contributed by atoms with Gasteiger partial charge in [0.25, 0.3) is 0 Å². The molecule has 2 aromatic heterocycles. The summed E-state index contributed by atoms with van der Waals surface area (Å²) in [6, 6.07) is 18.3. The Morgan fingerprint density at radius 1 is 1.10 bits per heavy atom. The molecular formula is C23H23N5O3. The lowest BCUT2D eigenvalue weighted by molar-refractivity contribution is -0.189. The highest BCUT2D eigenvalue weighted by Crippen LogP contribution is 2.36. The third-order valence-corrected chi connectivity index (χ3v) is 5.19. The average Bonchev–Trinajstić information content (AvgIpc) is 3.56. The summed E-state index contributed by atoms with van der Waals surface area (Å²) in [4.78, 5) is 8.37. The molecule has 0 bridgehead atoms. The summed E-state index contributed by atoms with van der Waals surface area (Å²) in [7, 11) is 0. The highest BCUT2D eigenvalue weighted by Gasteiger charge is 2.44. The van der Waals surface area contributed by atoms with Crippen LogP contribution in [-0.2, 0) is 21.8 Å². The molecule has 0 spiro atoms. The Kier molecular flexibility index (Phi) is 5.23. The third-order valence-electron chi connectivity index (χ3n) is 5.19. The van der Waals surface area contributed by atoms with Gasteiger partial charge in [-0.25, -0.2) is 9.67 Å². The van der Waals surface area contributed by atoms with Gasteiger partial charge in [-0.05, 0) is 19.1 Å². The van der Waals surface area contributed by atoms with Crippen LogP contribution in [0.4, 0.5) is 0 Å². The number of para-hydroxylation sites is 1. The van der Waals surface area contributed by atoms with Crippen molar-refractivity contribution < 1.29 is 14.2 Å². The molecule has 0 aliphatic carbocycles. The van der Waals surface area contributed by atoms with Gasteiger partial charge in [-0.1, -0.05) is 48.0 Å². The number of ether oxygens (including phenoxy) is 3. The molecule has 0 radical (unpaired) electrons. The van der Waals surface area contributed by atoms with E-state index >= 15 is 0 Å². The van der Waals surface area contributed by atoms with E-state index in [1.165, 1.54) is 5.56 Å². The molecule has 2 unspecified atom stereocenters. The van der Waals surface area contributed by atoms with Gasteiger partial charge in [-0.3, -0.25) is 0 Å². The summed E-state index contributed by atoms with van der Waals surface area (Å²) in [6.07, 6.45) is 6.77. The number of hydrogen-bond acceptors (Lipinski definition) is 6. The number of aromatic nitrogens is 5. The minimum absolute atomic E-state index is 0.256. The van der Waals surface area contributed by atoms with Crippen LogP contribution in [0.5, 0.6) is 6.01 Å². The Morgan fingerprint density at radius 2 is 1.94 bits per heavy atom. The lowest BCUT2D eigenvalue weighted by Crippen LogP contribution is -2.34. The molecule has 4 aromatic rings. The number of aryl methyl sites for hydroxylation is 1. The fraction of sp³-hybridized carbons (Fsp3) is 0.261. The van der Waals surface area contributed by atoms with Crippen LogP contribution >= 0.6 is 0 Å². The summed E-state index contributed by atoms with van der Waals surface area (Å²) >= 11 is 0. The number of nitrogens with zero attached hydrogens (tertiary/aromatic N) is 5. The minimum atomic E-state index is -0.904. The number of benzene rings is 2. The Bertz CT molecular complexity index is 1110. The van der Waals surface area contributed by atoms with Gasteiger partial charge in [0.05, 0.1) is 25.2 Å². The van der Waals surface area contributed by atoms with Crippen molar-refractivity contribution in [1.82, 2.24) is 24.3 Å². The standard InChI is InChI=1S/C23H23N5O3/c1-18-7-9-19(10-8-18)23(15-27-12-11-24-16-27)30-14-21(31-23)13-29-22-25-17-28(26-22)20-5-3-2-4-6-20/h2-12,16-17,21H,13-15H2,1H3. The summed E-state index contributed by atoms with van der Waals surface area (Å²) in [5.41, 5.74) is 3.06. The van der Waals surface area contributed by atoms with Crippen molar-refractivity contribution in [3.05, 3.63) is 90.8 Å². The van der Waals surface area contributed by atoms with Crippen molar-refractivity contribution >= 4 is 0 Å². The zero-order valence-corrected chi connectivity index (χ0v) is 17.2. The predicted molar refractivity (Wildman–Crippen MR) is 113 cm³/mol. The SMILES string of the molecule is Cc1ccc(C2(Cn3ccnc3)OCC(COc3ncn(-c4ccccc4)n3)O2)cc1. The Morgan fingerprint density at radius 3 is 2.71 bits per heavy atom. The first-order valence-corrected chi connectivity index (χ1v) is 10.1.